The van der Waals surface area contributed by atoms with E-state index in [-0.39, 0.29) is 4.90 Å². The maximum absolute atomic E-state index is 11.4. The number of anilines is 1. The molecule has 0 heterocycles. The molecule has 0 spiro atoms. The second kappa shape index (κ2) is 4.53. The van der Waals surface area contributed by atoms with Gasteiger partial charge in [-0.1, -0.05) is 12.1 Å². The van der Waals surface area contributed by atoms with Gasteiger partial charge < -0.3 is 5.73 Å². The van der Waals surface area contributed by atoms with Crippen molar-refractivity contribution in [2.75, 3.05) is 12.0 Å². The maximum Gasteiger partial charge on any atom is 0.175 e. The zero-order valence-electron chi connectivity index (χ0n) is 9.94. The number of hydrogen-bond acceptors (Lipinski definition) is 3. The van der Waals surface area contributed by atoms with E-state index in [0.29, 0.717) is 5.69 Å². The van der Waals surface area contributed by atoms with Gasteiger partial charge in [0.1, 0.15) is 0 Å². The minimum Gasteiger partial charge on any atom is -0.398 e. The fraction of sp³-hybridized carbons (Fsp3) is 0.385. The van der Waals surface area contributed by atoms with Crippen LogP contribution in [-0.2, 0) is 9.84 Å². The van der Waals surface area contributed by atoms with E-state index in [1.54, 1.807) is 12.1 Å². The van der Waals surface area contributed by atoms with Gasteiger partial charge in [-0.2, -0.15) is 0 Å². The van der Waals surface area contributed by atoms with Gasteiger partial charge in [-0.15, -0.1) is 0 Å². The van der Waals surface area contributed by atoms with Crippen molar-refractivity contribution in [1.82, 2.24) is 0 Å². The molecule has 0 saturated carbocycles. The molecule has 0 fully saturated rings. The van der Waals surface area contributed by atoms with E-state index >= 15 is 0 Å². The normalized spacial score (nSPS) is 16.6. The summed E-state index contributed by atoms with van der Waals surface area (Å²) in [5, 5.41) is 0. The Morgan fingerprint density at radius 2 is 2.00 bits per heavy atom. The monoisotopic (exact) mass is 251 g/mol. The number of allylic oxidation sites excluding steroid dienone is 2. The summed E-state index contributed by atoms with van der Waals surface area (Å²) < 4.78 is 22.8. The molecule has 2 rings (SSSR count). The Balaban J connectivity index is 2.42. The Labute approximate surface area is 102 Å². The fourth-order valence-corrected chi connectivity index (χ4v) is 2.80. The van der Waals surface area contributed by atoms with E-state index < -0.39 is 9.84 Å². The van der Waals surface area contributed by atoms with E-state index in [1.807, 2.05) is 6.07 Å². The van der Waals surface area contributed by atoms with Crippen molar-refractivity contribution < 1.29 is 8.42 Å². The van der Waals surface area contributed by atoms with Crippen molar-refractivity contribution in [3.05, 3.63) is 29.8 Å². The number of nitrogen functional groups attached to an aromatic ring is 1. The number of benzene rings is 1. The lowest BCUT2D eigenvalue weighted by atomic mass is 9.93. The highest BCUT2D eigenvalue weighted by Gasteiger charge is 2.13. The first-order chi connectivity index (χ1) is 7.98. The van der Waals surface area contributed by atoms with E-state index in [1.165, 1.54) is 24.7 Å². The van der Waals surface area contributed by atoms with Gasteiger partial charge in [-0.05, 0) is 43.4 Å². The third-order valence-electron chi connectivity index (χ3n) is 3.09. The van der Waals surface area contributed by atoms with Crippen LogP contribution in [0.4, 0.5) is 5.69 Å². The minimum atomic E-state index is -3.17. The summed E-state index contributed by atoms with van der Waals surface area (Å²) in [7, 11) is -3.17. The van der Waals surface area contributed by atoms with E-state index in [0.717, 1.165) is 18.4 Å². The summed E-state index contributed by atoms with van der Waals surface area (Å²) in [4.78, 5) is 0.287. The third-order valence-corrected chi connectivity index (χ3v) is 4.20. The lowest BCUT2D eigenvalue weighted by molar-refractivity contribution is 0.602. The summed E-state index contributed by atoms with van der Waals surface area (Å²) in [6.07, 6.45) is 7.92. The molecule has 4 heteroatoms. The molecule has 3 nitrogen and oxygen atoms in total. The van der Waals surface area contributed by atoms with Crippen molar-refractivity contribution in [3.63, 3.8) is 0 Å². The Morgan fingerprint density at radius 3 is 2.53 bits per heavy atom. The van der Waals surface area contributed by atoms with Gasteiger partial charge in [0, 0.05) is 17.5 Å². The Morgan fingerprint density at radius 1 is 1.24 bits per heavy atom. The molecule has 1 aliphatic rings. The average molecular weight is 251 g/mol. The minimum absolute atomic E-state index is 0.287. The van der Waals surface area contributed by atoms with Crippen LogP contribution >= 0.6 is 0 Å². The number of hydrogen-bond donors (Lipinski definition) is 1. The molecule has 0 atom stereocenters. The smallest absolute Gasteiger partial charge is 0.175 e. The van der Waals surface area contributed by atoms with Gasteiger partial charge in [0.15, 0.2) is 9.84 Å². The van der Waals surface area contributed by atoms with Crippen LogP contribution in [0.5, 0.6) is 0 Å². The van der Waals surface area contributed by atoms with Crippen LogP contribution in [0.2, 0.25) is 0 Å². The van der Waals surface area contributed by atoms with Crippen molar-refractivity contribution in [2.45, 2.75) is 30.6 Å². The summed E-state index contributed by atoms with van der Waals surface area (Å²) >= 11 is 0. The van der Waals surface area contributed by atoms with Gasteiger partial charge in [0.25, 0.3) is 0 Å². The molecule has 1 aromatic carbocycles. The molecule has 2 N–H and O–H groups in total. The summed E-state index contributed by atoms with van der Waals surface area (Å²) in [6, 6.07) is 5.01. The molecule has 0 aromatic heterocycles. The topological polar surface area (TPSA) is 60.2 Å². The summed E-state index contributed by atoms with van der Waals surface area (Å²) in [6.45, 7) is 0. The van der Waals surface area contributed by atoms with Crippen molar-refractivity contribution in [1.29, 1.82) is 0 Å². The van der Waals surface area contributed by atoms with E-state index in [4.69, 9.17) is 5.73 Å². The SMILES string of the molecule is CS(=O)(=O)c1ccc(C2=CCCCC2)c(N)c1. The Kier molecular flexibility index (Phi) is 3.24. The van der Waals surface area contributed by atoms with Crippen LogP contribution in [0.1, 0.15) is 31.2 Å². The zero-order valence-corrected chi connectivity index (χ0v) is 10.8. The highest BCUT2D eigenvalue weighted by atomic mass is 32.2. The number of rotatable bonds is 2. The van der Waals surface area contributed by atoms with Crippen molar-refractivity contribution in [2.24, 2.45) is 0 Å². The van der Waals surface area contributed by atoms with Crippen molar-refractivity contribution in [3.8, 4) is 0 Å². The summed E-state index contributed by atoms with van der Waals surface area (Å²) in [5.41, 5.74) is 8.73. The van der Waals surface area contributed by atoms with Crippen LogP contribution in [0, 0.1) is 0 Å². The second-order valence-electron chi connectivity index (χ2n) is 4.50. The molecule has 92 valence electrons. The lowest BCUT2D eigenvalue weighted by Crippen LogP contribution is -2.02. The first-order valence-corrected chi connectivity index (χ1v) is 7.66. The molecule has 0 amide bonds. The van der Waals surface area contributed by atoms with Crippen LogP contribution in [0.25, 0.3) is 5.57 Å². The Bertz CT molecular complexity index is 559. The number of sulfone groups is 1. The maximum atomic E-state index is 11.4. The first kappa shape index (κ1) is 12.2. The predicted octanol–water partition coefficient (Wildman–Crippen LogP) is 2.63. The highest BCUT2D eigenvalue weighted by Crippen LogP contribution is 2.31. The zero-order chi connectivity index (χ0) is 12.5. The van der Waals surface area contributed by atoms with Crippen LogP contribution in [0.3, 0.4) is 0 Å². The van der Waals surface area contributed by atoms with Gasteiger partial charge >= 0.3 is 0 Å². The summed E-state index contributed by atoms with van der Waals surface area (Å²) in [5.74, 6) is 0. The largest absolute Gasteiger partial charge is 0.398 e. The molecule has 0 bridgehead atoms. The molecular formula is C13H17NO2S. The van der Waals surface area contributed by atoms with Gasteiger partial charge in [-0.25, -0.2) is 8.42 Å². The molecule has 0 unspecified atom stereocenters. The van der Waals surface area contributed by atoms with Crippen LogP contribution in [0.15, 0.2) is 29.2 Å². The quantitative estimate of drug-likeness (QED) is 0.822. The van der Waals surface area contributed by atoms with E-state index in [9.17, 15) is 8.42 Å². The van der Waals surface area contributed by atoms with Crippen LogP contribution in [-0.4, -0.2) is 14.7 Å². The van der Waals surface area contributed by atoms with Crippen molar-refractivity contribution >= 4 is 21.1 Å². The predicted molar refractivity (Wildman–Crippen MR) is 70.4 cm³/mol. The highest BCUT2D eigenvalue weighted by molar-refractivity contribution is 7.90. The standard InChI is InChI=1S/C13H17NO2S/c1-17(15,16)11-7-8-12(13(14)9-11)10-5-3-2-4-6-10/h5,7-9H,2-4,6,14H2,1H3. The third kappa shape index (κ3) is 2.69. The molecule has 1 aliphatic carbocycles. The van der Waals surface area contributed by atoms with E-state index in [2.05, 4.69) is 6.08 Å². The molecule has 0 aliphatic heterocycles. The Hall–Kier alpha value is -1.29. The van der Waals surface area contributed by atoms with Crippen LogP contribution < -0.4 is 5.73 Å². The number of nitrogens with two attached hydrogens (primary N) is 1. The molecule has 17 heavy (non-hydrogen) atoms. The molecule has 0 radical (unpaired) electrons. The average Bonchev–Trinajstić information content (AvgIpc) is 2.29. The molecule has 1 aromatic rings. The first-order valence-electron chi connectivity index (χ1n) is 5.77. The fourth-order valence-electron chi connectivity index (χ4n) is 2.15. The molecule has 0 saturated heterocycles. The van der Waals surface area contributed by atoms with Gasteiger partial charge in [0.05, 0.1) is 4.90 Å². The second-order valence-corrected chi connectivity index (χ2v) is 6.51. The lowest BCUT2D eigenvalue weighted by Gasteiger charge is -2.15. The molecular weight excluding hydrogens is 234 g/mol. The van der Waals surface area contributed by atoms with Gasteiger partial charge in [0.2, 0.25) is 0 Å². The van der Waals surface area contributed by atoms with Gasteiger partial charge in [-0.3, -0.25) is 0 Å².